The van der Waals surface area contributed by atoms with Gasteiger partial charge in [0.15, 0.2) is 4.90 Å². The van der Waals surface area contributed by atoms with Crippen molar-refractivity contribution in [2.24, 2.45) is 16.2 Å². The van der Waals surface area contributed by atoms with Gasteiger partial charge in [-0.3, -0.25) is 0 Å². The second-order valence-electron chi connectivity index (χ2n) is 4.84. The quantitative estimate of drug-likeness (QED) is 0.595. The van der Waals surface area contributed by atoms with Gasteiger partial charge < -0.3 is 4.55 Å². The molecule has 92 valence electrons. The van der Waals surface area contributed by atoms with Crippen LogP contribution in [0.3, 0.4) is 0 Å². The summed E-state index contributed by atoms with van der Waals surface area (Å²) < 4.78 is 16.1. The van der Waals surface area contributed by atoms with Gasteiger partial charge in [-0.25, -0.2) is 0 Å². The summed E-state index contributed by atoms with van der Waals surface area (Å²) in [5.41, 5.74) is 0. The van der Waals surface area contributed by atoms with Crippen LogP contribution in [0, 0.1) is 11.8 Å². The molecule has 1 saturated carbocycles. The van der Waals surface area contributed by atoms with Gasteiger partial charge in [0.05, 0.1) is 6.21 Å². The first-order valence-electron chi connectivity index (χ1n) is 6.27. The van der Waals surface area contributed by atoms with Crippen molar-refractivity contribution in [1.29, 1.82) is 0 Å². The van der Waals surface area contributed by atoms with Gasteiger partial charge >= 0.3 is 0 Å². The molecule has 0 unspecified atom stereocenters. The van der Waals surface area contributed by atoms with Gasteiger partial charge in [-0.15, -0.1) is 0 Å². The van der Waals surface area contributed by atoms with Crippen LogP contribution in [0.2, 0.25) is 0 Å². The maximum Gasteiger partial charge on any atom is 0.182 e. The van der Waals surface area contributed by atoms with Crippen LogP contribution in [0.5, 0.6) is 0 Å². The van der Waals surface area contributed by atoms with Gasteiger partial charge in [0, 0.05) is 0 Å². The van der Waals surface area contributed by atoms with Crippen molar-refractivity contribution in [3.05, 3.63) is 30.3 Å². The molecular weight excluding hydrogens is 230 g/mol. The van der Waals surface area contributed by atoms with Crippen LogP contribution in [0.15, 0.2) is 39.6 Å². The summed E-state index contributed by atoms with van der Waals surface area (Å²) >= 11 is -1.22. The fourth-order valence-electron chi connectivity index (χ4n) is 2.17. The molecule has 0 spiro atoms. The van der Waals surface area contributed by atoms with Crippen LogP contribution >= 0.6 is 0 Å². The average Bonchev–Trinajstić information content (AvgIpc) is 2.39. The Morgan fingerprint density at radius 1 is 1.18 bits per heavy atom. The highest BCUT2D eigenvalue weighted by atomic mass is 32.2. The molecule has 3 heteroatoms. The number of hydrogen-bond acceptors (Lipinski definition) is 2. The van der Waals surface area contributed by atoms with Crippen molar-refractivity contribution in [2.45, 2.75) is 37.5 Å². The van der Waals surface area contributed by atoms with E-state index < -0.39 is 11.4 Å². The summed E-state index contributed by atoms with van der Waals surface area (Å²) in [5, 5.41) is 0. The number of nitrogens with zero attached hydrogens (tertiary/aromatic N) is 1. The van der Waals surface area contributed by atoms with Gasteiger partial charge in [0.25, 0.3) is 0 Å². The molecule has 0 heterocycles. The van der Waals surface area contributed by atoms with Gasteiger partial charge in [-0.2, -0.15) is 0 Å². The summed E-state index contributed by atoms with van der Waals surface area (Å²) in [4.78, 5) is 0.785. The van der Waals surface area contributed by atoms with E-state index in [0.29, 0.717) is 5.92 Å². The summed E-state index contributed by atoms with van der Waals surface area (Å²) in [6.45, 7) is 2.30. The molecule has 1 aromatic rings. The third kappa shape index (κ3) is 3.86. The Morgan fingerprint density at radius 2 is 1.82 bits per heavy atom. The lowest BCUT2D eigenvalue weighted by Crippen LogP contribution is -2.14. The molecule has 1 aliphatic carbocycles. The predicted octanol–water partition coefficient (Wildman–Crippen LogP) is 3.61. The van der Waals surface area contributed by atoms with E-state index in [0.717, 1.165) is 10.8 Å². The van der Waals surface area contributed by atoms with E-state index in [2.05, 4.69) is 11.3 Å². The number of rotatable bonds is 3. The van der Waals surface area contributed by atoms with E-state index in [1.807, 2.05) is 36.5 Å². The predicted molar refractivity (Wildman–Crippen MR) is 72.5 cm³/mol. The molecule has 1 aliphatic rings. The first-order valence-corrected chi connectivity index (χ1v) is 7.37. The van der Waals surface area contributed by atoms with E-state index in [-0.39, 0.29) is 0 Å². The highest BCUT2D eigenvalue weighted by Crippen LogP contribution is 2.27. The molecule has 2 nitrogen and oxygen atoms in total. The first-order chi connectivity index (χ1) is 8.25. The summed E-state index contributed by atoms with van der Waals surface area (Å²) in [5.74, 6) is 1.37. The molecule has 2 rings (SSSR count). The lowest BCUT2D eigenvalue weighted by atomic mass is 9.84. The SMILES string of the molecule is CC1CCC(/C=N/[S@@+]([O-])c2ccccc2)CC1. The molecule has 0 bridgehead atoms. The highest BCUT2D eigenvalue weighted by molar-refractivity contribution is 7.90. The van der Waals surface area contributed by atoms with Crippen LogP contribution in [0.1, 0.15) is 32.6 Å². The Balaban J connectivity index is 1.88. The van der Waals surface area contributed by atoms with Gasteiger partial charge in [-0.1, -0.05) is 42.4 Å². The van der Waals surface area contributed by atoms with Crippen molar-refractivity contribution in [3.63, 3.8) is 0 Å². The standard InChI is InChI=1S/C14H19NOS/c1-12-7-9-13(10-8-12)11-15-17(16)14-5-3-2-4-6-14/h2-6,11-13H,7-10H2,1H3/b15-11+/t12?,13?,17-/m0/s1. The summed E-state index contributed by atoms with van der Waals surface area (Å²) in [6, 6.07) is 9.43. The van der Waals surface area contributed by atoms with E-state index in [1.165, 1.54) is 25.7 Å². The topological polar surface area (TPSA) is 35.4 Å². The Bertz CT molecular complexity index is 358. The third-order valence-electron chi connectivity index (χ3n) is 3.37. The van der Waals surface area contributed by atoms with Gasteiger partial charge in [0.1, 0.15) is 11.4 Å². The van der Waals surface area contributed by atoms with Crippen molar-refractivity contribution in [1.82, 2.24) is 0 Å². The molecule has 1 fully saturated rings. The molecule has 1 aromatic carbocycles. The summed E-state index contributed by atoms with van der Waals surface area (Å²) in [7, 11) is 0. The zero-order chi connectivity index (χ0) is 12.1. The molecule has 0 radical (unpaired) electrons. The van der Waals surface area contributed by atoms with Crippen molar-refractivity contribution < 1.29 is 4.55 Å². The number of benzene rings is 1. The fourth-order valence-corrected chi connectivity index (χ4v) is 2.97. The normalized spacial score (nSPS) is 27.2. The average molecular weight is 249 g/mol. The van der Waals surface area contributed by atoms with Crippen molar-refractivity contribution in [2.75, 3.05) is 0 Å². The second-order valence-corrected chi connectivity index (χ2v) is 6.02. The minimum absolute atomic E-state index is 0.527. The zero-order valence-electron chi connectivity index (χ0n) is 10.2. The minimum atomic E-state index is -1.22. The molecule has 0 N–H and O–H groups in total. The monoisotopic (exact) mass is 249 g/mol. The third-order valence-corrected chi connectivity index (χ3v) is 4.36. The Morgan fingerprint density at radius 3 is 2.47 bits per heavy atom. The molecule has 1 atom stereocenters. The van der Waals surface area contributed by atoms with E-state index in [1.54, 1.807) is 0 Å². The van der Waals surface area contributed by atoms with Crippen molar-refractivity contribution in [3.8, 4) is 0 Å². The Hall–Kier alpha value is -0.800. The largest absolute Gasteiger partial charge is 0.586 e. The molecular formula is C14H19NOS. The molecule has 0 saturated heterocycles. The van der Waals surface area contributed by atoms with Crippen LogP contribution in [-0.4, -0.2) is 10.8 Å². The van der Waals surface area contributed by atoms with E-state index in [9.17, 15) is 4.55 Å². The molecule has 17 heavy (non-hydrogen) atoms. The second kappa shape index (κ2) is 6.22. The highest BCUT2D eigenvalue weighted by Gasteiger charge is 2.18. The maximum absolute atomic E-state index is 11.9. The molecule has 0 aromatic heterocycles. The fraction of sp³-hybridized carbons (Fsp3) is 0.500. The maximum atomic E-state index is 11.9. The van der Waals surface area contributed by atoms with Gasteiger partial charge in [0.2, 0.25) is 0 Å². The van der Waals surface area contributed by atoms with Crippen molar-refractivity contribution >= 4 is 17.6 Å². The first kappa shape index (κ1) is 12.7. The lowest BCUT2D eigenvalue weighted by molar-refractivity contribution is 0.347. The zero-order valence-corrected chi connectivity index (χ0v) is 11.0. The van der Waals surface area contributed by atoms with Crippen LogP contribution < -0.4 is 0 Å². The molecule has 0 aliphatic heterocycles. The van der Waals surface area contributed by atoms with Gasteiger partial charge in [-0.05, 0) is 36.8 Å². The molecule has 0 amide bonds. The minimum Gasteiger partial charge on any atom is -0.586 e. The Kier molecular flexibility index (Phi) is 4.63. The Labute approximate surface area is 106 Å². The number of hydrogen-bond donors (Lipinski definition) is 0. The van der Waals surface area contributed by atoms with Crippen LogP contribution in [-0.2, 0) is 11.4 Å². The summed E-state index contributed by atoms with van der Waals surface area (Å²) in [6.07, 6.45) is 6.84. The smallest absolute Gasteiger partial charge is 0.182 e. The lowest BCUT2D eigenvalue weighted by Gasteiger charge is -2.22. The van der Waals surface area contributed by atoms with Crippen LogP contribution in [0.25, 0.3) is 0 Å². The van der Waals surface area contributed by atoms with E-state index >= 15 is 0 Å². The van der Waals surface area contributed by atoms with E-state index in [4.69, 9.17) is 0 Å². The van der Waals surface area contributed by atoms with Crippen LogP contribution in [0.4, 0.5) is 0 Å².